The van der Waals surface area contributed by atoms with Crippen molar-refractivity contribution < 1.29 is 9.22 Å². The quantitative estimate of drug-likeness (QED) is 0.342. The highest BCUT2D eigenvalue weighted by atomic mass is 32.1. The standard InChI is InChI=1S/C19H29N2O2SSi/c1-12(17(24)13-8-7-9-20-10-13)16-15(18(22)21-16)14(19(2,3)4)11-23-25(5)6/h7-10,12,14-16H,11H2,1-6H3,(H,21,22)/t12-,14-,15+,16-/m1/s1. The molecule has 25 heavy (non-hydrogen) atoms. The van der Waals surface area contributed by atoms with Gasteiger partial charge in [0.25, 0.3) is 0 Å². The lowest BCUT2D eigenvalue weighted by molar-refractivity contribution is -0.143. The van der Waals surface area contributed by atoms with Crippen molar-refractivity contribution in [1.82, 2.24) is 10.3 Å². The van der Waals surface area contributed by atoms with Crippen molar-refractivity contribution >= 4 is 32.0 Å². The van der Waals surface area contributed by atoms with Crippen LogP contribution in [-0.4, -0.2) is 37.4 Å². The molecule has 137 valence electrons. The van der Waals surface area contributed by atoms with E-state index in [4.69, 9.17) is 16.6 Å². The van der Waals surface area contributed by atoms with Crippen molar-refractivity contribution in [2.75, 3.05) is 6.61 Å². The number of carbonyl (C=O) groups is 1. The van der Waals surface area contributed by atoms with E-state index >= 15 is 0 Å². The maximum Gasteiger partial charge on any atom is 0.225 e. The summed E-state index contributed by atoms with van der Waals surface area (Å²) in [5.74, 6) is 0.311. The number of nitrogens with one attached hydrogen (secondary N) is 1. The van der Waals surface area contributed by atoms with Crippen LogP contribution in [0.4, 0.5) is 0 Å². The van der Waals surface area contributed by atoms with Gasteiger partial charge in [0.2, 0.25) is 14.9 Å². The first-order chi connectivity index (χ1) is 11.6. The molecule has 1 aromatic heterocycles. The van der Waals surface area contributed by atoms with E-state index in [1.165, 1.54) is 0 Å². The lowest BCUT2D eigenvalue weighted by atomic mass is 9.64. The van der Waals surface area contributed by atoms with E-state index in [0.717, 1.165) is 10.4 Å². The average molecular weight is 378 g/mol. The van der Waals surface area contributed by atoms with Crippen molar-refractivity contribution in [2.45, 2.75) is 46.8 Å². The van der Waals surface area contributed by atoms with Crippen molar-refractivity contribution in [3.05, 3.63) is 30.1 Å². The first-order valence-electron chi connectivity index (χ1n) is 8.80. The second-order valence-electron chi connectivity index (χ2n) is 8.15. The minimum Gasteiger partial charge on any atom is -0.417 e. The number of β-lactam (4-membered cyclic amide) rings is 1. The number of carbonyl (C=O) groups excluding carboxylic acids is 1. The molecule has 0 aliphatic carbocycles. The monoisotopic (exact) mass is 377 g/mol. The van der Waals surface area contributed by atoms with Gasteiger partial charge in [-0.05, 0) is 30.5 Å². The van der Waals surface area contributed by atoms with Crippen molar-refractivity contribution in [3.63, 3.8) is 0 Å². The summed E-state index contributed by atoms with van der Waals surface area (Å²) in [5, 5.41) is 3.09. The zero-order valence-corrected chi connectivity index (χ0v) is 17.8. The molecule has 4 atom stereocenters. The Hall–Kier alpha value is -1.11. The number of pyridine rings is 1. The van der Waals surface area contributed by atoms with Crippen LogP contribution in [0.1, 0.15) is 33.3 Å². The van der Waals surface area contributed by atoms with Gasteiger partial charge in [-0.1, -0.05) is 46.0 Å². The molecule has 2 rings (SSSR count). The molecule has 1 amide bonds. The topological polar surface area (TPSA) is 51.2 Å². The van der Waals surface area contributed by atoms with Gasteiger partial charge in [0.05, 0.1) is 5.92 Å². The highest BCUT2D eigenvalue weighted by Crippen LogP contribution is 2.40. The molecular weight excluding hydrogens is 348 g/mol. The fraction of sp³-hybridized carbons (Fsp3) is 0.632. The van der Waals surface area contributed by atoms with Gasteiger partial charge in [-0.15, -0.1) is 0 Å². The largest absolute Gasteiger partial charge is 0.417 e. The molecule has 2 heterocycles. The molecule has 1 aliphatic heterocycles. The van der Waals surface area contributed by atoms with Gasteiger partial charge in [0.15, 0.2) is 0 Å². The highest BCUT2D eigenvalue weighted by molar-refractivity contribution is 7.80. The summed E-state index contributed by atoms with van der Waals surface area (Å²) in [7, 11) is -0.785. The van der Waals surface area contributed by atoms with Crippen LogP contribution in [0.5, 0.6) is 0 Å². The Morgan fingerprint density at radius 1 is 1.44 bits per heavy atom. The third kappa shape index (κ3) is 4.74. The predicted octanol–water partition coefficient (Wildman–Crippen LogP) is 3.48. The predicted molar refractivity (Wildman–Crippen MR) is 107 cm³/mol. The summed E-state index contributed by atoms with van der Waals surface area (Å²) in [6.07, 6.45) is 3.54. The van der Waals surface area contributed by atoms with E-state index in [1.54, 1.807) is 12.4 Å². The van der Waals surface area contributed by atoms with Crippen LogP contribution in [0, 0.1) is 23.2 Å². The SMILES string of the molecule is C[C@@H](C(=S)c1cccnc1)[C@H]1NC(=O)[C@H]1[C@@H](CO[Si](C)C)C(C)(C)C. The molecule has 0 bridgehead atoms. The lowest BCUT2D eigenvalue weighted by Crippen LogP contribution is -2.66. The van der Waals surface area contributed by atoms with E-state index in [0.29, 0.717) is 6.61 Å². The number of hydrogen-bond acceptors (Lipinski definition) is 4. The second kappa shape index (κ2) is 8.06. The Morgan fingerprint density at radius 3 is 2.60 bits per heavy atom. The summed E-state index contributed by atoms with van der Waals surface area (Å²) >= 11 is 5.68. The summed E-state index contributed by atoms with van der Waals surface area (Å²) in [6.45, 7) is 13.5. The van der Waals surface area contributed by atoms with Gasteiger partial charge < -0.3 is 9.74 Å². The highest BCUT2D eigenvalue weighted by Gasteiger charge is 2.50. The molecule has 6 heteroatoms. The van der Waals surface area contributed by atoms with Gasteiger partial charge in [-0.3, -0.25) is 9.78 Å². The van der Waals surface area contributed by atoms with E-state index in [1.807, 2.05) is 12.1 Å². The van der Waals surface area contributed by atoms with Crippen LogP contribution in [0.3, 0.4) is 0 Å². The van der Waals surface area contributed by atoms with Crippen molar-refractivity contribution in [1.29, 1.82) is 0 Å². The lowest BCUT2D eigenvalue weighted by Gasteiger charge is -2.48. The third-order valence-corrected chi connectivity index (χ3v) is 6.35. The molecule has 1 N–H and O–H groups in total. The first kappa shape index (κ1) is 20.2. The van der Waals surface area contributed by atoms with E-state index in [-0.39, 0.29) is 35.1 Å². The summed E-state index contributed by atoms with van der Waals surface area (Å²) in [5.41, 5.74) is 0.953. The molecule has 1 radical (unpaired) electrons. The Kier molecular flexibility index (Phi) is 6.51. The van der Waals surface area contributed by atoms with Crippen LogP contribution < -0.4 is 5.32 Å². The van der Waals surface area contributed by atoms with Gasteiger partial charge in [-0.2, -0.15) is 0 Å². The Morgan fingerprint density at radius 2 is 2.12 bits per heavy atom. The van der Waals surface area contributed by atoms with Crippen LogP contribution in [0.25, 0.3) is 0 Å². The molecule has 0 spiro atoms. The number of hydrogen-bond donors (Lipinski definition) is 1. The fourth-order valence-electron chi connectivity index (χ4n) is 3.37. The van der Waals surface area contributed by atoms with Crippen LogP contribution in [0.15, 0.2) is 24.5 Å². The number of aromatic nitrogens is 1. The minimum absolute atomic E-state index is 0.00631. The van der Waals surface area contributed by atoms with E-state index < -0.39 is 9.04 Å². The van der Waals surface area contributed by atoms with Crippen molar-refractivity contribution in [2.24, 2.45) is 23.2 Å². The van der Waals surface area contributed by atoms with Crippen LogP contribution in [0.2, 0.25) is 13.1 Å². The van der Waals surface area contributed by atoms with Gasteiger partial charge in [0.1, 0.15) is 0 Å². The summed E-state index contributed by atoms with van der Waals surface area (Å²) < 4.78 is 5.99. The molecule has 4 nitrogen and oxygen atoms in total. The van der Waals surface area contributed by atoms with Gasteiger partial charge in [-0.25, -0.2) is 0 Å². The fourth-order valence-corrected chi connectivity index (χ4v) is 4.15. The Bertz CT molecular complexity index is 616. The molecule has 1 aliphatic rings. The molecule has 1 aromatic rings. The smallest absolute Gasteiger partial charge is 0.225 e. The second-order valence-corrected chi connectivity index (χ2v) is 10.7. The number of rotatable bonds is 7. The Balaban J connectivity index is 2.18. The molecule has 1 saturated heterocycles. The Labute approximate surface area is 158 Å². The van der Waals surface area contributed by atoms with Gasteiger partial charge in [0, 0.05) is 41.4 Å². The van der Waals surface area contributed by atoms with Crippen LogP contribution >= 0.6 is 12.2 Å². The summed E-state index contributed by atoms with van der Waals surface area (Å²) in [6, 6.07) is 3.93. The number of amides is 1. The van der Waals surface area contributed by atoms with Crippen molar-refractivity contribution in [3.8, 4) is 0 Å². The molecule has 0 unspecified atom stereocenters. The molecule has 0 saturated carbocycles. The third-order valence-electron chi connectivity index (χ3n) is 4.99. The average Bonchev–Trinajstić information content (AvgIpc) is 2.54. The summed E-state index contributed by atoms with van der Waals surface area (Å²) in [4.78, 5) is 17.4. The zero-order valence-electron chi connectivity index (χ0n) is 16.0. The minimum atomic E-state index is -0.785. The van der Waals surface area contributed by atoms with Crippen LogP contribution in [-0.2, 0) is 9.22 Å². The van der Waals surface area contributed by atoms with Gasteiger partial charge >= 0.3 is 0 Å². The maximum absolute atomic E-state index is 12.4. The number of nitrogens with zero attached hydrogens (tertiary/aromatic N) is 1. The normalized spacial score (nSPS) is 22.9. The van der Waals surface area contributed by atoms with E-state index in [9.17, 15) is 4.79 Å². The van der Waals surface area contributed by atoms with E-state index in [2.05, 4.69) is 51.1 Å². The number of thiocarbonyl (C=S) groups is 1. The first-order valence-corrected chi connectivity index (χ1v) is 11.6. The zero-order chi connectivity index (χ0) is 18.8. The molecule has 0 aromatic carbocycles. The molecule has 1 fully saturated rings. The maximum atomic E-state index is 12.4. The molecular formula is C19H29N2O2SSi.